The van der Waals surface area contributed by atoms with Crippen molar-refractivity contribution in [1.82, 2.24) is 15.3 Å². The molecule has 2 atom stereocenters. The number of amides is 2. The summed E-state index contributed by atoms with van der Waals surface area (Å²) in [6.45, 7) is 4.30. The van der Waals surface area contributed by atoms with Crippen molar-refractivity contribution in [2.75, 3.05) is 26.2 Å². The van der Waals surface area contributed by atoms with Crippen LogP contribution in [0.1, 0.15) is 85.9 Å². The third-order valence-corrected chi connectivity index (χ3v) is 7.81. The first kappa shape index (κ1) is 29.8. The van der Waals surface area contributed by atoms with Gasteiger partial charge in [-0.05, 0) is 60.6 Å². The molecule has 9 heteroatoms. The second kappa shape index (κ2) is 14.0. The van der Waals surface area contributed by atoms with Crippen molar-refractivity contribution in [2.45, 2.75) is 70.4 Å². The van der Waals surface area contributed by atoms with E-state index in [2.05, 4.69) is 29.1 Å². The van der Waals surface area contributed by atoms with E-state index >= 15 is 0 Å². The molecule has 4 rings (SSSR count). The average Bonchev–Trinajstić information content (AvgIpc) is 3.03. The number of ether oxygens (including phenoxy) is 3. The lowest BCUT2D eigenvalue weighted by Gasteiger charge is -2.34. The van der Waals surface area contributed by atoms with E-state index in [-0.39, 0.29) is 17.6 Å². The van der Waals surface area contributed by atoms with E-state index in [1.54, 1.807) is 12.1 Å². The Labute approximate surface area is 242 Å². The minimum absolute atomic E-state index is 0.0297. The lowest BCUT2D eigenvalue weighted by Crippen LogP contribution is -2.47. The molecule has 1 heterocycles. The van der Waals surface area contributed by atoms with Crippen LogP contribution in [0.4, 0.5) is 5.69 Å². The molecule has 1 fully saturated rings. The van der Waals surface area contributed by atoms with Gasteiger partial charge >= 0.3 is 0 Å². The number of carbonyl (C=O) groups excluding carboxylic acids is 2. The molecule has 3 aromatic rings. The molecule has 0 radical (unpaired) electrons. The molecule has 0 aliphatic heterocycles. The van der Waals surface area contributed by atoms with Crippen molar-refractivity contribution in [3.05, 3.63) is 71.8 Å². The SMILES string of the molecule is CC[C@@H](C)c1ccc(N(C(=O)c2cnccn2)[C@H](C(=O)NC2CCCCC2)c2cc(OC)c(OC)c(OC)c2)cc1. The highest BCUT2D eigenvalue weighted by atomic mass is 16.5. The number of nitrogens with one attached hydrogen (secondary N) is 1. The summed E-state index contributed by atoms with van der Waals surface area (Å²) in [5, 5.41) is 3.23. The fourth-order valence-corrected chi connectivity index (χ4v) is 5.32. The second-order valence-electron chi connectivity index (χ2n) is 10.4. The monoisotopic (exact) mass is 560 g/mol. The summed E-state index contributed by atoms with van der Waals surface area (Å²) in [4.78, 5) is 38.4. The number of anilines is 1. The Kier molecular flexibility index (Phi) is 10.2. The first-order valence-corrected chi connectivity index (χ1v) is 14.2. The Balaban J connectivity index is 1.90. The van der Waals surface area contributed by atoms with Crippen molar-refractivity contribution in [3.8, 4) is 17.2 Å². The standard InChI is InChI=1S/C32H40N4O5/c1-6-21(2)22-12-14-25(15-13-22)36(32(38)26-20-33-16-17-34-26)29(31(37)35-24-10-8-7-9-11-24)23-18-27(39-3)30(41-5)28(19-23)40-4/h12-21,24,29H,6-11H2,1-5H3,(H,35,37)/t21-,29+/m1/s1. The van der Waals surface area contributed by atoms with Crippen LogP contribution in [0.25, 0.3) is 0 Å². The van der Waals surface area contributed by atoms with Gasteiger partial charge in [0.05, 0.1) is 27.5 Å². The molecule has 2 amide bonds. The normalized spacial score (nSPS) is 15.0. The van der Waals surface area contributed by atoms with Crippen LogP contribution in [-0.4, -0.2) is 49.2 Å². The van der Waals surface area contributed by atoms with E-state index in [4.69, 9.17) is 14.2 Å². The zero-order chi connectivity index (χ0) is 29.4. The van der Waals surface area contributed by atoms with Crippen molar-refractivity contribution >= 4 is 17.5 Å². The van der Waals surface area contributed by atoms with Crippen molar-refractivity contribution < 1.29 is 23.8 Å². The molecule has 9 nitrogen and oxygen atoms in total. The highest BCUT2D eigenvalue weighted by Gasteiger charge is 2.36. The Morgan fingerprint density at radius 1 is 0.951 bits per heavy atom. The Morgan fingerprint density at radius 2 is 1.61 bits per heavy atom. The van der Waals surface area contributed by atoms with E-state index < -0.39 is 11.9 Å². The van der Waals surface area contributed by atoms with Gasteiger partial charge in [0.2, 0.25) is 11.7 Å². The molecule has 2 aromatic carbocycles. The molecule has 1 saturated carbocycles. The predicted molar refractivity (Wildman–Crippen MR) is 158 cm³/mol. The van der Waals surface area contributed by atoms with Gasteiger partial charge in [-0.25, -0.2) is 4.98 Å². The highest BCUT2D eigenvalue weighted by molar-refractivity contribution is 6.09. The fraction of sp³-hybridized carbons (Fsp3) is 0.438. The van der Waals surface area contributed by atoms with Crippen LogP contribution in [0.3, 0.4) is 0 Å². The molecule has 218 valence electrons. The fourth-order valence-electron chi connectivity index (χ4n) is 5.32. The Bertz CT molecular complexity index is 1280. The van der Waals surface area contributed by atoms with Gasteiger partial charge in [0, 0.05) is 24.1 Å². The van der Waals surface area contributed by atoms with Gasteiger partial charge in [0.15, 0.2) is 11.5 Å². The molecule has 41 heavy (non-hydrogen) atoms. The number of aromatic nitrogens is 2. The van der Waals surface area contributed by atoms with E-state index in [0.717, 1.165) is 44.1 Å². The van der Waals surface area contributed by atoms with Crippen LogP contribution in [0.15, 0.2) is 55.0 Å². The zero-order valence-corrected chi connectivity index (χ0v) is 24.6. The van der Waals surface area contributed by atoms with Gasteiger partial charge < -0.3 is 19.5 Å². The van der Waals surface area contributed by atoms with Crippen molar-refractivity contribution in [3.63, 3.8) is 0 Å². The van der Waals surface area contributed by atoms with Gasteiger partial charge in [-0.1, -0.05) is 45.2 Å². The molecule has 0 saturated heterocycles. The van der Waals surface area contributed by atoms with Crippen LogP contribution in [0, 0.1) is 0 Å². The topological polar surface area (TPSA) is 103 Å². The summed E-state index contributed by atoms with van der Waals surface area (Å²) in [7, 11) is 4.57. The van der Waals surface area contributed by atoms with E-state index in [1.807, 2.05) is 24.3 Å². The smallest absolute Gasteiger partial charge is 0.279 e. The van der Waals surface area contributed by atoms with E-state index in [9.17, 15) is 9.59 Å². The highest BCUT2D eigenvalue weighted by Crippen LogP contribution is 2.42. The maximum absolute atomic E-state index is 14.3. The maximum atomic E-state index is 14.3. The van der Waals surface area contributed by atoms with Crippen LogP contribution in [0.5, 0.6) is 17.2 Å². The lowest BCUT2D eigenvalue weighted by molar-refractivity contribution is -0.123. The summed E-state index contributed by atoms with van der Waals surface area (Å²) in [6, 6.07) is 10.2. The predicted octanol–water partition coefficient (Wildman–Crippen LogP) is 5.85. The van der Waals surface area contributed by atoms with Crippen molar-refractivity contribution in [1.29, 1.82) is 0 Å². The van der Waals surface area contributed by atoms with Gasteiger partial charge in [0.1, 0.15) is 11.7 Å². The first-order chi connectivity index (χ1) is 19.9. The second-order valence-corrected chi connectivity index (χ2v) is 10.4. The van der Waals surface area contributed by atoms with Gasteiger partial charge in [-0.3, -0.25) is 19.5 Å². The summed E-state index contributed by atoms with van der Waals surface area (Å²) in [5.41, 5.74) is 2.35. The molecule has 1 aliphatic rings. The largest absolute Gasteiger partial charge is 0.493 e. The maximum Gasteiger partial charge on any atom is 0.279 e. The third-order valence-electron chi connectivity index (χ3n) is 7.81. The number of nitrogens with zero attached hydrogens (tertiary/aromatic N) is 3. The molecule has 0 spiro atoms. The summed E-state index contributed by atoms with van der Waals surface area (Å²) in [6.07, 6.45) is 10.4. The number of hydrogen-bond acceptors (Lipinski definition) is 7. The third kappa shape index (κ3) is 6.78. The number of carbonyl (C=O) groups is 2. The van der Waals surface area contributed by atoms with E-state index in [1.165, 1.54) is 44.8 Å². The average molecular weight is 561 g/mol. The lowest BCUT2D eigenvalue weighted by atomic mass is 9.94. The van der Waals surface area contributed by atoms with E-state index in [0.29, 0.717) is 34.4 Å². The van der Waals surface area contributed by atoms with Crippen molar-refractivity contribution in [2.24, 2.45) is 0 Å². The Morgan fingerprint density at radius 3 is 2.15 bits per heavy atom. The van der Waals surface area contributed by atoms with Crippen LogP contribution >= 0.6 is 0 Å². The van der Waals surface area contributed by atoms with Gasteiger partial charge in [0.25, 0.3) is 5.91 Å². The zero-order valence-electron chi connectivity index (χ0n) is 24.6. The summed E-state index contributed by atoms with van der Waals surface area (Å²) in [5.74, 6) is 0.776. The molecule has 0 unspecified atom stereocenters. The summed E-state index contributed by atoms with van der Waals surface area (Å²) >= 11 is 0. The number of benzene rings is 2. The summed E-state index contributed by atoms with van der Waals surface area (Å²) < 4.78 is 16.8. The van der Waals surface area contributed by atoms with Crippen LogP contribution in [0.2, 0.25) is 0 Å². The van der Waals surface area contributed by atoms with Crippen LogP contribution < -0.4 is 24.4 Å². The minimum atomic E-state index is -1.06. The Hall–Kier alpha value is -4.14. The number of rotatable bonds is 11. The quantitative estimate of drug-likeness (QED) is 0.314. The first-order valence-electron chi connectivity index (χ1n) is 14.2. The molecule has 0 bridgehead atoms. The molecule has 1 N–H and O–H groups in total. The van der Waals surface area contributed by atoms with Gasteiger partial charge in [-0.2, -0.15) is 0 Å². The van der Waals surface area contributed by atoms with Crippen LogP contribution in [-0.2, 0) is 4.79 Å². The molecule has 1 aliphatic carbocycles. The number of hydrogen-bond donors (Lipinski definition) is 1. The van der Waals surface area contributed by atoms with Gasteiger partial charge in [-0.15, -0.1) is 0 Å². The minimum Gasteiger partial charge on any atom is -0.493 e. The number of methoxy groups -OCH3 is 3. The molecule has 1 aromatic heterocycles. The molecular formula is C32H40N4O5. The molecular weight excluding hydrogens is 520 g/mol.